The van der Waals surface area contributed by atoms with E-state index in [4.69, 9.17) is 14.5 Å². The molecule has 2 heterocycles. The first-order valence-electron chi connectivity index (χ1n) is 12.2. The molecule has 4 rings (SSSR count). The number of carbonyl (C=O) groups is 1. The van der Waals surface area contributed by atoms with E-state index < -0.39 is 5.97 Å². The third-order valence-corrected chi connectivity index (χ3v) is 6.54. The Morgan fingerprint density at radius 3 is 2.25 bits per heavy atom. The van der Waals surface area contributed by atoms with Gasteiger partial charge in [0.15, 0.2) is 11.5 Å². The van der Waals surface area contributed by atoms with Crippen LogP contribution in [-0.4, -0.2) is 56.3 Å². The topological polar surface area (TPSA) is 79.8 Å². The van der Waals surface area contributed by atoms with Gasteiger partial charge in [-0.1, -0.05) is 32.9 Å². The number of anilines is 4. The van der Waals surface area contributed by atoms with Crippen LogP contribution in [0.4, 0.5) is 23.0 Å². The van der Waals surface area contributed by atoms with Crippen LogP contribution in [0, 0.1) is 6.92 Å². The number of esters is 1. The number of hydrogen-bond acceptors (Lipinski definition) is 8. The van der Waals surface area contributed by atoms with E-state index in [9.17, 15) is 4.79 Å². The summed E-state index contributed by atoms with van der Waals surface area (Å²) in [5.41, 5.74) is 4.46. The van der Waals surface area contributed by atoms with Gasteiger partial charge < -0.3 is 24.6 Å². The van der Waals surface area contributed by atoms with Gasteiger partial charge in [0.25, 0.3) is 0 Å². The van der Waals surface area contributed by atoms with E-state index in [0.29, 0.717) is 5.82 Å². The fourth-order valence-corrected chi connectivity index (χ4v) is 4.20. The first-order chi connectivity index (χ1) is 17.2. The van der Waals surface area contributed by atoms with Gasteiger partial charge in [0.1, 0.15) is 11.6 Å². The molecule has 8 nitrogen and oxygen atoms in total. The molecule has 1 fully saturated rings. The molecular formula is C28H35N5O3. The van der Waals surface area contributed by atoms with Crippen LogP contribution in [0.25, 0.3) is 0 Å². The van der Waals surface area contributed by atoms with Crippen molar-refractivity contribution in [1.29, 1.82) is 0 Å². The SMILES string of the molecule is COC(=O)c1ncc(N2CCN(c3ccc(OC)cc3)CC2)nc1Nc1cc(C(C)(C)C)ccc1C. The Morgan fingerprint density at radius 2 is 1.64 bits per heavy atom. The highest BCUT2D eigenvalue weighted by Gasteiger charge is 2.23. The van der Waals surface area contributed by atoms with Gasteiger partial charge in [0.05, 0.1) is 20.4 Å². The van der Waals surface area contributed by atoms with E-state index in [1.807, 2.05) is 19.1 Å². The molecule has 36 heavy (non-hydrogen) atoms. The highest BCUT2D eigenvalue weighted by atomic mass is 16.5. The monoisotopic (exact) mass is 489 g/mol. The van der Waals surface area contributed by atoms with Crippen molar-refractivity contribution < 1.29 is 14.3 Å². The zero-order valence-electron chi connectivity index (χ0n) is 22.0. The minimum Gasteiger partial charge on any atom is -0.497 e. The van der Waals surface area contributed by atoms with E-state index in [1.54, 1.807) is 13.3 Å². The van der Waals surface area contributed by atoms with Gasteiger partial charge in [-0.05, 0) is 53.8 Å². The van der Waals surface area contributed by atoms with Gasteiger partial charge in [0, 0.05) is 37.6 Å². The van der Waals surface area contributed by atoms with Crippen molar-refractivity contribution in [2.24, 2.45) is 0 Å². The third kappa shape index (κ3) is 5.53. The molecule has 2 aromatic carbocycles. The maximum atomic E-state index is 12.5. The van der Waals surface area contributed by atoms with Crippen LogP contribution < -0.4 is 19.9 Å². The molecule has 1 aliphatic heterocycles. The standard InChI is InChI=1S/C28H35N5O3/c1-19-7-8-20(28(2,3)4)17-23(19)30-26-25(27(34)36-6)29-18-24(31-26)33-15-13-32(14-16-33)21-9-11-22(35-5)12-10-21/h7-12,17-18H,13-16H2,1-6H3,(H,30,31). The van der Waals surface area contributed by atoms with Crippen molar-refractivity contribution in [1.82, 2.24) is 9.97 Å². The first-order valence-corrected chi connectivity index (χ1v) is 12.2. The smallest absolute Gasteiger partial charge is 0.360 e. The van der Waals surface area contributed by atoms with Gasteiger partial charge in [-0.25, -0.2) is 14.8 Å². The molecule has 1 aromatic heterocycles. The molecule has 0 radical (unpaired) electrons. The summed E-state index contributed by atoms with van der Waals surface area (Å²) in [5.74, 6) is 1.45. The van der Waals surface area contributed by atoms with Crippen molar-refractivity contribution in [2.45, 2.75) is 33.1 Å². The summed E-state index contributed by atoms with van der Waals surface area (Å²) < 4.78 is 10.2. The fourth-order valence-electron chi connectivity index (χ4n) is 4.20. The molecule has 1 saturated heterocycles. The lowest BCUT2D eigenvalue weighted by Crippen LogP contribution is -2.47. The van der Waals surface area contributed by atoms with Gasteiger partial charge in [-0.15, -0.1) is 0 Å². The summed E-state index contributed by atoms with van der Waals surface area (Å²) in [5, 5.41) is 3.37. The fraction of sp³-hybridized carbons (Fsp3) is 0.393. The number of hydrogen-bond donors (Lipinski definition) is 1. The molecule has 3 aromatic rings. The van der Waals surface area contributed by atoms with Crippen LogP contribution >= 0.6 is 0 Å². The summed E-state index contributed by atoms with van der Waals surface area (Å²) in [6.45, 7) is 11.8. The van der Waals surface area contributed by atoms with Gasteiger partial charge >= 0.3 is 5.97 Å². The normalized spacial score (nSPS) is 13.9. The molecule has 0 bridgehead atoms. The number of nitrogens with zero attached hydrogens (tertiary/aromatic N) is 4. The largest absolute Gasteiger partial charge is 0.497 e. The van der Waals surface area contributed by atoms with Crippen molar-refractivity contribution in [3.05, 3.63) is 65.5 Å². The second kappa shape index (κ2) is 10.4. The number of piperazine rings is 1. The summed E-state index contributed by atoms with van der Waals surface area (Å²) in [4.78, 5) is 26.3. The van der Waals surface area contributed by atoms with E-state index in [-0.39, 0.29) is 11.1 Å². The third-order valence-electron chi connectivity index (χ3n) is 6.54. The number of aromatic nitrogens is 2. The molecule has 0 aliphatic carbocycles. The number of ether oxygens (including phenoxy) is 2. The quantitative estimate of drug-likeness (QED) is 0.488. The van der Waals surface area contributed by atoms with Crippen molar-refractivity contribution in [3.8, 4) is 5.75 Å². The number of aryl methyl sites for hydroxylation is 1. The number of carbonyl (C=O) groups excluding carboxylic acids is 1. The maximum absolute atomic E-state index is 12.5. The van der Waals surface area contributed by atoms with E-state index >= 15 is 0 Å². The Labute approximate surface area is 213 Å². The van der Waals surface area contributed by atoms with Crippen molar-refractivity contribution in [2.75, 3.05) is 55.5 Å². The predicted molar refractivity (Wildman–Crippen MR) is 144 cm³/mol. The maximum Gasteiger partial charge on any atom is 0.360 e. The average Bonchev–Trinajstić information content (AvgIpc) is 2.89. The predicted octanol–water partition coefficient (Wildman–Crippen LogP) is 4.95. The molecule has 190 valence electrons. The zero-order valence-corrected chi connectivity index (χ0v) is 22.0. The summed E-state index contributed by atoms with van der Waals surface area (Å²) >= 11 is 0. The lowest BCUT2D eigenvalue weighted by Gasteiger charge is -2.36. The van der Waals surface area contributed by atoms with Gasteiger partial charge in [-0.2, -0.15) is 0 Å². The number of rotatable bonds is 6. The molecule has 1 aliphatic rings. The lowest BCUT2D eigenvalue weighted by molar-refractivity contribution is 0.0595. The Hall–Kier alpha value is -3.81. The molecule has 8 heteroatoms. The molecule has 0 amide bonds. The van der Waals surface area contributed by atoms with Crippen LogP contribution in [0.2, 0.25) is 0 Å². The highest BCUT2D eigenvalue weighted by molar-refractivity contribution is 5.93. The van der Waals surface area contributed by atoms with Gasteiger partial charge in [0.2, 0.25) is 0 Å². The lowest BCUT2D eigenvalue weighted by atomic mass is 9.86. The Morgan fingerprint density at radius 1 is 0.972 bits per heavy atom. The Bertz CT molecular complexity index is 1210. The second-order valence-corrected chi connectivity index (χ2v) is 9.99. The minimum absolute atomic E-state index is 0.00754. The zero-order chi connectivity index (χ0) is 25.9. The summed E-state index contributed by atoms with van der Waals surface area (Å²) in [7, 11) is 3.03. The molecule has 0 unspecified atom stereocenters. The molecule has 0 saturated carbocycles. The van der Waals surface area contributed by atoms with Crippen LogP contribution in [0.5, 0.6) is 5.75 Å². The molecule has 0 spiro atoms. The second-order valence-electron chi connectivity index (χ2n) is 9.99. The van der Waals surface area contributed by atoms with E-state index in [2.05, 4.69) is 71.2 Å². The minimum atomic E-state index is -0.523. The number of benzene rings is 2. The Balaban J connectivity index is 1.56. The van der Waals surface area contributed by atoms with Crippen molar-refractivity contribution in [3.63, 3.8) is 0 Å². The van der Waals surface area contributed by atoms with Crippen LogP contribution in [0.15, 0.2) is 48.7 Å². The summed E-state index contributed by atoms with van der Waals surface area (Å²) in [6, 6.07) is 14.4. The Kier molecular flexibility index (Phi) is 7.33. The van der Waals surface area contributed by atoms with E-state index in [0.717, 1.165) is 49.0 Å². The van der Waals surface area contributed by atoms with Crippen molar-refractivity contribution >= 4 is 29.0 Å². The molecule has 0 atom stereocenters. The highest BCUT2D eigenvalue weighted by Crippen LogP contribution is 2.30. The first kappa shape index (κ1) is 25.3. The molecular weight excluding hydrogens is 454 g/mol. The van der Waals surface area contributed by atoms with Crippen LogP contribution in [0.1, 0.15) is 42.4 Å². The van der Waals surface area contributed by atoms with Crippen LogP contribution in [-0.2, 0) is 10.2 Å². The number of nitrogens with one attached hydrogen (secondary N) is 1. The molecule has 1 N–H and O–H groups in total. The number of methoxy groups -OCH3 is 2. The average molecular weight is 490 g/mol. The summed E-state index contributed by atoms with van der Waals surface area (Å²) in [6.07, 6.45) is 1.65. The van der Waals surface area contributed by atoms with Gasteiger partial charge in [-0.3, -0.25) is 0 Å². The van der Waals surface area contributed by atoms with E-state index in [1.165, 1.54) is 18.4 Å². The van der Waals surface area contributed by atoms with Crippen LogP contribution in [0.3, 0.4) is 0 Å².